The van der Waals surface area contributed by atoms with Gasteiger partial charge in [-0.3, -0.25) is 0 Å². The van der Waals surface area contributed by atoms with Gasteiger partial charge in [0.2, 0.25) is 0 Å². The minimum absolute atomic E-state index is 0.250. The molecular formula is C13H18N2O. The van der Waals surface area contributed by atoms with Gasteiger partial charge in [0, 0.05) is 20.1 Å². The van der Waals surface area contributed by atoms with E-state index in [2.05, 4.69) is 41.7 Å². The summed E-state index contributed by atoms with van der Waals surface area (Å²) in [5.41, 5.74) is 3.50. The largest absolute Gasteiger partial charge is 0.396 e. The lowest BCUT2D eigenvalue weighted by Crippen LogP contribution is -1.94. The lowest BCUT2D eigenvalue weighted by molar-refractivity contribution is 0.288. The number of aliphatic hydroxyl groups is 1. The summed E-state index contributed by atoms with van der Waals surface area (Å²) in [6.45, 7) is 2.37. The van der Waals surface area contributed by atoms with Crippen molar-refractivity contribution < 1.29 is 5.11 Å². The lowest BCUT2D eigenvalue weighted by Gasteiger charge is -2.00. The predicted octanol–water partition coefficient (Wildman–Crippen LogP) is 2.06. The van der Waals surface area contributed by atoms with Crippen LogP contribution >= 0.6 is 0 Å². The zero-order chi connectivity index (χ0) is 11.5. The summed E-state index contributed by atoms with van der Waals surface area (Å²) in [5.74, 6) is 1.12. The quantitative estimate of drug-likeness (QED) is 0.853. The molecule has 16 heavy (non-hydrogen) atoms. The van der Waals surface area contributed by atoms with E-state index in [-0.39, 0.29) is 6.61 Å². The predicted molar refractivity (Wildman–Crippen MR) is 65.5 cm³/mol. The molecule has 0 fully saturated rings. The summed E-state index contributed by atoms with van der Waals surface area (Å²) in [6.07, 6.45) is 2.70. The van der Waals surface area contributed by atoms with E-state index in [1.807, 2.05) is 0 Å². The van der Waals surface area contributed by atoms with Crippen LogP contribution in [0.5, 0.6) is 0 Å². The molecule has 0 aliphatic heterocycles. The van der Waals surface area contributed by atoms with Crippen LogP contribution in [0.4, 0.5) is 0 Å². The average Bonchev–Trinajstić information content (AvgIpc) is 2.63. The van der Waals surface area contributed by atoms with E-state index in [0.717, 1.165) is 30.6 Å². The van der Waals surface area contributed by atoms with E-state index in [4.69, 9.17) is 5.11 Å². The van der Waals surface area contributed by atoms with Gasteiger partial charge in [-0.25, -0.2) is 4.98 Å². The lowest BCUT2D eigenvalue weighted by atomic mass is 10.1. The number of hydrogen-bond acceptors (Lipinski definition) is 2. The van der Waals surface area contributed by atoms with Crippen molar-refractivity contribution in [3.63, 3.8) is 0 Å². The number of rotatable bonds is 4. The van der Waals surface area contributed by atoms with Crippen LogP contribution in [0.2, 0.25) is 0 Å². The molecule has 1 heterocycles. The maximum absolute atomic E-state index is 8.81. The van der Waals surface area contributed by atoms with Gasteiger partial charge in [0.25, 0.3) is 0 Å². The van der Waals surface area contributed by atoms with E-state index >= 15 is 0 Å². The highest BCUT2D eigenvalue weighted by Crippen LogP contribution is 2.17. The molecular weight excluding hydrogens is 200 g/mol. The Morgan fingerprint density at radius 1 is 1.38 bits per heavy atom. The monoisotopic (exact) mass is 218 g/mol. The van der Waals surface area contributed by atoms with Crippen molar-refractivity contribution in [2.75, 3.05) is 6.61 Å². The molecule has 3 nitrogen and oxygen atoms in total. The number of imidazole rings is 1. The van der Waals surface area contributed by atoms with Gasteiger partial charge in [0.15, 0.2) is 0 Å². The van der Waals surface area contributed by atoms with Gasteiger partial charge in [-0.2, -0.15) is 0 Å². The molecule has 0 spiro atoms. The van der Waals surface area contributed by atoms with Gasteiger partial charge < -0.3 is 9.67 Å². The number of aryl methyl sites for hydroxylation is 3. The smallest absolute Gasteiger partial charge is 0.109 e. The van der Waals surface area contributed by atoms with Crippen molar-refractivity contribution in [3.05, 3.63) is 29.6 Å². The Bertz CT molecular complexity index is 488. The minimum atomic E-state index is 0.250. The fourth-order valence-electron chi connectivity index (χ4n) is 2.05. The molecule has 3 heteroatoms. The molecule has 0 radical (unpaired) electrons. The molecule has 1 N–H and O–H groups in total. The van der Waals surface area contributed by atoms with E-state index in [1.54, 1.807) is 0 Å². The minimum Gasteiger partial charge on any atom is -0.396 e. The maximum Gasteiger partial charge on any atom is 0.109 e. The molecule has 0 bridgehead atoms. The second-order valence-corrected chi connectivity index (χ2v) is 4.09. The van der Waals surface area contributed by atoms with Crippen LogP contribution in [-0.2, 0) is 19.9 Å². The molecule has 1 aromatic heterocycles. The summed E-state index contributed by atoms with van der Waals surface area (Å²) in [6, 6.07) is 6.37. The van der Waals surface area contributed by atoms with E-state index in [0.29, 0.717) is 0 Å². The Kier molecular flexibility index (Phi) is 3.25. The highest BCUT2D eigenvalue weighted by molar-refractivity contribution is 5.76. The third-order valence-corrected chi connectivity index (χ3v) is 2.98. The standard InChI is InChI=1S/C13H18N2O/c1-3-13-14-11-9-10(5-4-8-16)6-7-12(11)15(13)2/h6-7,9,16H,3-5,8H2,1-2H3. The van der Waals surface area contributed by atoms with Crippen LogP contribution in [0.3, 0.4) is 0 Å². The van der Waals surface area contributed by atoms with E-state index in [9.17, 15) is 0 Å². The number of nitrogens with zero attached hydrogens (tertiary/aromatic N) is 2. The molecule has 2 rings (SSSR count). The molecule has 0 aliphatic rings. The van der Waals surface area contributed by atoms with Gasteiger partial charge in [-0.1, -0.05) is 13.0 Å². The first-order chi connectivity index (χ1) is 7.76. The molecule has 0 saturated carbocycles. The topological polar surface area (TPSA) is 38.1 Å². The van der Waals surface area contributed by atoms with Crippen molar-refractivity contribution in [3.8, 4) is 0 Å². The summed E-state index contributed by atoms with van der Waals surface area (Å²) < 4.78 is 2.14. The fourth-order valence-corrected chi connectivity index (χ4v) is 2.05. The Labute approximate surface area is 95.7 Å². The number of aromatic nitrogens is 2. The molecule has 0 amide bonds. The summed E-state index contributed by atoms with van der Waals surface area (Å²) >= 11 is 0. The van der Waals surface area contributed by atoms with Gasteiger partial charge in [-0.05, 0) is 30.5 Å². The molecule has 1 aromatic carbocycles. The molecule has 86 valence electrons. The normalized spacial score (nSPS) is 11.2. The number of fused-ring (bicyclic) bond motifs is 1. The molecule has 2 aromatic rings. The van der Waals surface area contributed by atoms with Crippen molar-refractivity contribution in [1.29, 1.82) is 0 Å². The maximum atomic E-state index is 8.81. The third kappa shape index (κ3) is 1.95. The van der Waals surface area contributed by atoms with Crippen LogP contribution in [0.15, 0.2) is 18.2 Å². The van der Waals surface area contributed by atoms with Crippen LogP contribution in [0.1, 0.15) is 24.7 Å². The van der Waals surface area contributed by atoms with Gasteiger partial charge in [0.05, 0.1) is 11.0 Å². The first-order valence-corrected chi connectivity index (χ1v) is 5.81. The van der Waals surface area contributed by atoms with Crippen LogP contribution < -0.4 is 0 Å². The van der Waals surface area contributed by atoms with Crippen molar-refractivity contribution in [2.45, 2.75) is 26.2 Å². The molecule has 0 saturated heterocycles. The zero-order valence-electron chi connectivity index (χ0n) is 9.90. The SMILES string of the molecule is CCc1nc2cc(CCCO)ccc2n1C. The first kappa shape index (κ1) is 11.1. The second-order valence-electron chi connectivity index (χ2n) is 4.09. The van der Waals surface area contributed by atoms with Gasteiger partial charge >= 0.3 is 0 Å². The Balaban J connectivity index is 2.38. The summed E-state index contributed by atoms with van der Waals surface area (Å²) in [7, 11) is 2.06. The average molecular weight is 218 g/mol. The van der Waals surface area contributed by atoms with Crippen LogP contribution in [-0.4, -0.2) is 21.3 Å². The second kappa shape index (κ2) is 4.66. The van der Waals surface area contributed by atoms with E-state index in [1.165, 1.54) is 11.1 Å². The van der Waals surface area contributed by atoms with Gasteiger partial charge in [0.1, 0.15) is 5.82 Å². The van der Waals surface area contributed by atoms with Crippen LogP contribution in [0, 0.1) is 0 Å². The Morgan fingerprint density at radius 3 is 2.88 bits per heavy atom. The highest BCUT2D eigenvalue weighted by Gasteiger charge is 2.06. The van der Waals surface area contributed by atoms with Crippen LogP contribution in [0.25, 0.3) is 11.0 Å². The molecule has 0 aliphatic carbocycles. The Morgan fingerprint density at radius 2 is 2.19 bits per heavy atom. The highest BCUT2D eigenvalue weighted by atomic mass is 16.2. The van der Waals surface area contributed by atoms with Crippen molar-refractivity contribution in [1.82, 2.24) is 9.55 Å². The number of benzene rings is 1. The molecule has 0 unspecified atom stereocenters. The van der Waals surface area contributed by atoms with Crippen molar-refractivity contribution in [2.24, 2.45) is 7.05 Å². The zero-order valence-corrected chi connectivity index (χ0v) is 9.90. The summed E-state index contributed by atoms with van der Waals surface area (Å²) in [4.78, 5) is 4.60. The number of hydrogen-bond donors (Lipinski definition) is 1. The first-order valence-electron chi connectivity index (χ1n) is 5.81. The molecule has 0 atom stereocenters. The van der Waals surface area contributed by atoms with E-state index < -0.39 is 0 Å². The fraction of sp³-hybridized carbons (Fsp3) is 0.462. The Hall–Kier alpha value is -1.35. The summed E-state index contributed by atoms with van der Waals surface area (Å²) in [5, 5.41) is 8.81. The van der Waals surface area contributed by atoms with Crippen molar-refractivity contribution >= 4 is 11.0 Å². The third-order valence-electron chi connectivity index (χ3n) is 2.98. The number of aliphatic hydroxyl groups excluding tert-OH is 1. The van der Waals surface area contributed by atoms with Gasteiger partial charge in [-0.15, -0.1) is 0 Å².